The lowest BCUT2D eigenvalue weighted by molar-refractivity contribution is 0.211. The highest BCUT2D eigenvalue weighted by atomic mass is 16.5. The molecule has 13 heavy (non-hydrogen) atoms. The molecule has 0 saturated heterocycles. The zero-order valence-electron chi connectivity index (χ0n) is 8.24. The van der Waals surface area contributed by atoms with Crippen LogP contribution in [0, 0.1) is 6.92 Å². The molecule has 4 nitrogen and oxygen atoms in total. The van der Waals surface area contributed by atoms with E-state index < -0.39 is 0 Å². The summed E-state index contributed by atoms with van der Waals surface area (Å²) >= 11 is 0. The van der Waals surface area contributed by atoms with E-state index in [1.165, 1.54) is 6.33 Å². The van der Waals surface area contributed by atoms with Gasteiger partial charge in [0.15, 0.2) is 0 Å². The van der Waals surface area contributed by atoms with Gasteiger partial charge >= 0.3 is 0 Å². The van der Waals surface area contributed by atoms with Crippen LogP contribution in [0.3, 0.4) is 0 Å². The minimum absolute atomic E-state index is 0.124. The number of nitrogens with one attached hydrogen (secondary N) is 1. The van der Waals surface area contributed by atoms with Crippen molar-refractivity contribution in [3.05, 3.63) is 18.1 Å². The first-order chi connectivity index (χ1) is 6.22. The van der Waals surface area contributed by atoms with E-state index in [-0.39, 0.29) is 6.10 Å². The maximum Gasteiger partial charge on any atom is 0.216 e. The van der Waals surface area contributed by atoms with Gasteiger partial charge in [-0.1, -0.05) is 0 Å². The molecule has 72 valence electrons. The zero-order valence-corrected chi connectivity index (χ0v) is 8.24. The molecule has 1 aromatic rings. The molecule has 1 unspecified atom stereocenters. The molecular formula is C9H15N3O. The molecule has 4 heteroatoms. The molecule has 0 aliphatic carbocycles. The van der Waals surface area contributed by atoms with Gasteiger partial charge in [-0.2, -0.15) is 0 Å². The smallest absolute Gasteiger partial charge is 0.216 e. The predicted molar refractivity (Wildman–Crippen MR) is 50.8 cm³/mol. The third-order valence-electron chi connectivity index (χ3n) is 1.59. The molecule has 1 heterocycles. The Hall–Kier alpha value is -1.16. The zero-order chi connectivity index (χ0) is 9.68. The monoisotopic (exact) mass is 181 g/mol. The lowest BCUT2D eigenvalue weighted by Gasteiger charge is -2.12. The highest BCUT2D eigenvalue weighted by Gasteiger charge is 2.03. The van der Waals surface area contributed by atoms with Crippen LogP contribution in [0.5, 0.6) is 5.88 Å². The van der Waals surface area contributed by atoms with Gasteiger partial charge in [0.2, 0.25) is 5.88 Å². The Balaban J connectivity index is 2.53. The summed E-state index contributed by atoms with van der Waals surface area (Å²) in [6.45, 7) is 4.72. The van der Waals surface area contributed by atoms with Crippen molar-refractivity contribution in [1.82, 2.24) is 15.3 Å². The summed E-state index contributed by atoms with van der Waals surface area (Å²) in [5.74, 6) is 0.634. The van der Waals surface area contributed by atoms with Gasteiger partial charge in [-0.05, 0) is 20.9 Å². The molecule has 1 rings (SSSR count). The minimum atomic E-state index is 0.124. The fourth-order valence-corrected chi connectivity index (χ4v) is 1.03. The summed E-state index contributed by atoms with van der Waals surface area (Å²) < 4.78 is 5.52. The van der Waals surface area contributed by atoms with E-state index in [1.807, 2.05) is 27.0 Å². The number of rotatable bonds is 4. The minimum Gasteiger partial charge on any atom is -0.473 e. The van der Waals surface area contributed by atoms with Crippen molar-refractivity contribution >= 4 is 0 Å². The van der Waals surface area contributed by atoms with Crippen molar-refractivity contribution in [3.63, 3.8) is 0 Å². The molecule has 0 bridgehead atoms. The lowest BCUT2D eigenvalue weighted by Crippen LogP contribution is -2.26. The predicted octanol–water partition coefficient (Wildman–Crippen LogP) is 0.772. The highest BCUT2D eigenvalue weighted by Crippen LogP contribution is 2.07. The molecule has 0 radical (unpaired) electrons. The highest BCUT2D eigenvalue weighted by molar-refractivity contribution is 5.12. The van der Waals surface area contributed by atoms with Crippen LogP contribution in [0.15, 0.2) is 12.4 Å². The molecule has 1 aromatic heterocycles. The van der Waals surface area contributed by atoms with E-state index in [0.717, 1.165) is 12.2 Å². The van der Waals surface area contributed by atoms with Gasteiger partial charge in [-0.25, -0.2) is 9.97 Å². The molecule has 1 atom stereocenters. The number of ether oxygens (including phenoxy) is 1. The number of nitrogens with zero attached hydrogens (tertiary/aromatic N) is 2. The first-order valence-electron chi connectivity index (χ1n) is 4.32. The summed E-state index contributed by atoms with van der Waals surface area (Å²) in [5.41, 5.74) is 0.918. The van der Waals surface area contributed by atoms with Gasteiger partial charge in [0.25, 0.3) is 0 Å². The van der Waals surface area contributed by atoms with Gasteiger partial charge in [-0.3, -0.25) is 0 Å². The first kappa shape index (κ1) is 9.92. The molecule has 0 aliphatic heterocycles. The lowest BCUT2D eigenvalue weighted by atomic mass is 10.4. The van der Waals surface area contributed by atoms with Gasteiger partial charge in [0, 0.05) is 18.3 Å². The van der Waals surface area contributed by atoms with Crippen LogP contribution < -0.4 is 10.1 Å². The summed E-state index contributed by atoms with van der Waals surface area (Å²) in [4.78, 5) is 7.99. The number of aryl methyl sites for hydroxylation is 1. The molecule has 0 spiro atoms. The van der Waals surface area contributed by atoms with Crippen LogP contribution in [0.4, 0.5) is 0 Å². The average Bonchev–Trinajstić information content (AvgIpc) is 2.04. The van der Waals surface area contributed by atoms with E-state index in [4.69, 9.17) is 4.74 Å². The van der Waals surface area contributed by atoms with Gasteiger partial charge in [0.05, 0.1) is 0 Å². The Morgan fingerprint density at radius 3 is 2.92 bits per heavy atom. The largest absolute Gasteiger partial charge is 0.473 e. The van der Waals surface area contributed by atoms with Crippen LogP contribution in [-0.2, 0) is 0 Å². The summed E-state index contributed by atoms with van der Waals surface area (Å²) in [6, 6.07) is 1.83. The van der Waals surface area contributed by atoms with Crippen LogP contribution in [-0.4, -0.2) is 29.7 Å². The van der Waals surface area contributed by atoms with Gasteiger partial charge in [-0.15, -0.1) is 0 Å². The quantitative estimate of drug-likeness (QED) is 0.745. The Morgan fingerprint density at radius 2 is 2.31 bits per heavy atom. The first-order valence-corrected chi connectivity index (χ1v) is 4.32. The summed E-state index contributed by atoms with van der Waals surface area (Å²) in [6.07, 6.45) is 1.64. The standard InChI is InChI=1S/C9H15N3O/c1-7-4-9(12-6-11-7)13-8(2)5-10-3/h4,6,8,10H,5H2,1-3H3. The van der Waals surface area contributed by atoms with Crippen LogP contribution >= 0.6 is 0 Å². The maximum absolute atomic E-state index is 5.52. The number of likely N-dealkylation sites (N-methyl/N-ethyl adjacent to an activating group) is 1. The van der Waals surface area contributed by atoms with E-state index in [2.05, 4.69) is 15.3 Å². The van der Waals surface area contributed by atoms with Gasteiger partial charge < -0.3 is 10.1 Å². The summed E-state index contributed by atoms with van der Waals surface area (Å²) in [5, 5.41) is 3.03. The van der Waals surface area contributed by atoms with Crippen molar-refractivity contribution in [2.75, 3.05) is 13.6 Å². The second kappa shape index (κ2) is 4.77. The molecular weight excluding hydrogens is 166 g/mol. The summed E-state index contributed by atoms with van der Waals surface area (Å²) in [7, 11) is 1.89. The third-order valence-corrected chi connectivity index (χ3v) is 1.59. The molecule has 0 fully saturated rings. The SMILES string of the molecule is CNCC(C)Oc1cc(C)ncn1. The molecule has 0 amide bonds. The Labute approximate surface area is 78.4 Å². The second-order valence-electron chi connectivity index (χ2n) is 2.98. The third kappa shape index (κ3) is 3.38. The van der Waals surface area contributed by atoms with E-state index in [0.29, 0.717) is 5.88 Å². The molecule has 0 aliphatic rings. The van der Waals surface area contributed by atoms with E-state index in [9.17, 15) is 0 Å². The second-order valence-corrected chi connectivity index (χ2v) is 2.98. The van der Waals surface area contributed by atoms with Crippen molar-refractivity contribution < 1.29 is 4.74 Å². The van der Waals surface area contributed by atoms with Crippen molar-refractivity contribution in [2.45, 2.75) is 20.0 Å². The Morgan fingerprint density at radius 1 is 1.54 bits per heavy atom. The van der Waals surface area contributed by atoms with Gasteiger partial charge in [0.1, 0.15) is 12.4 Å². The molecule has 1 N–H and O–H groups in total. The van der Waals surface area contributed by atoms with Crippen LogP contribution in [0.25, 0.3) is 0 Å². The van der Waals surface area contributed by atoms with Crippen LogP contribution in [0.2, 0.25) is 0 Å². The van der Waals surface area contributed by atoms with Crippen molar-refractivity contribution in [1.29, 1.82) is 0 Å². The fraction of sp³-hybridized carbons (Fsp3) is 0.556. The number of hydrogen-bond donors (Lipinski definition) is 1. The van der Waals surface area contributed by atoms with E-state index in [1.54, 1.807) is 0 Å². The molecule has 0 aromatic carbocycles. The van der Waals surface area contributed by atoms with Crippen molar-refractivity contribution in [2.24, 2.45) is 0 Å². The average molecular weight is 181 g/mol. The normalized spacial score (nSPS) is 12.5. The Bertz CT molecular complexity index is 265. The number of aromatic nitrogens is 2. The Kier molecular flexibility index (Phi) is 3.64. The van der Waals surface area contributed by atoms with E-state index >= 15 is 0 Å². The molecule has 0 saturated carbocycles. The number of hydrogen-bond acceptors (Lipinski definition) is 4. The topological polar surface area (TPSA) is 47.0 Å². The van der Waals surface area contributed by atoms with Crippen LogP contribution in [0.1, 0.15) is 12.6 Å². The maximum atomic E-state index is 5.52. The van der Waals surface area contributed by atoms with Crippen molar-refractivity contribution in [3.8, 4) is 5.88 Å². The fourth-order valence-electron chi connectivity index (χ4n) is 1.03.